The topological polar surface area (TPSA) is 29.5 Å². The number of aryl methyl sites for hydroxylation is 1. The molecule has 1 rings (SSSR count). The van der Waals surface area contributed by atoms with Gasteiger partial charge in [-0.3, -0.25) is 0 Å². The minimum absolute atomic E-state index is 0.335. The maximum Gasteiger partial charge on any atom is 0.119 e. The van der Waals surface area contributed by atoms with Crippen molar-refractivity contribution in [1.29, 1.82) is 0 Å². The Balaban J connectivity index is 2.18. The number of alkyl halides is 1. The number of aliphatic hydroxyl groups is 1. The van der Waals surface area contributed by atoms with Crippen LogP contribution in [0.3, 0.4) is 0 Å². The van der Waals surface area contributed by atoms with Gasteiger partial charge in [0, 0.05) is 5.33 Å². The van der Waals surface area contributed by atoms with Gasteiger partial charge in [0.2, 0.25) is 0 Å². The van der Waals surface area contributed by atoms with Crippen LogP contribution in [0.4, 0.5) is 0 Å². The first-order chi connectivity index (χ1) is 9.76. The highest BCUT2D eigenvalue weighted by molar-refractivity contribution is 9.09. The average molecular weight is 343 g/mol. The van der Waals surface area contributed by atoms with Crippen molar-refractivity contribution in [3.63, 3.8) is 0 Å². The van der Waals surface area contributed by atoms with Crippen molar-refractivity contribution in [3.8, 4) is 5.75 Å². The minimum atomic E-state index is -0.446. The van der Waals surface area contributed by atoms with E-state index in [-0.39, 0.29) is 0 Å². The highest BCUT2D eigenvalue weighted by Crippen LogP contribution is 2.15. The van der Waals surface area contributed by atoms with Crippen molar-refractivity contribution in [3.05, 3.63) is 29.8 Å². The molecule has 0 saturated carbocycles. The number of benzene rings is 1. The predicted molar refractivity (Wildman–Crippen MR) is 88.8 cm³/mol. The molecule has 1 unspecified atom stereocenters. The second-order valence-electron chi connectivity index (χ2n) is 5.28. The molecule has 1 N–H and O–H groups in total. The van der Waals surface area contributed by atoms with Crippen molar-refractivity contribution >= 4 is 15.9 Å². The molecule has 2 nitrogen and oxygen atoms in total. The summed E-state index contributed by atoms with van der Waals surface area (Å²) in [5, 5.41) is 9.95. The first-order valence-corrected chi connectivity index (χ1v) is 8.84. The van der Waals surface area contributed by atoms with Crippen LogP contribution in [0.5, 0.6) is 5.75 Å². The van der Waals surface area contributed by atoms with Crippen LogP contribution in [0.1, 0.15) is 51.0 Å². The van der Waals surface area contributed by atoms with Crippen molar-refractivity contribution in [1.82, 2.24) is 0 Å². The Morgan fingerprint density at radius 2 is 1.70 bits per heavy atom. The zero-order valence-electron chi connectivity index (χ0n) is 12.5. The molecule has 3 heteroatoms. The normalized spacial score (nSPS) is 12.3. The highest BCUT2D eigenvalue weighted by atomic mass is 79.9. The van der Waals surface area contributed by atoms with Crippen molar-refractivity contribution in [2.45, 2.75) is 58.0 Å². The van der Waals surface area contributed by atoms with Gasteiger partial charge in [0.15, 0.2) is 0 Å². The van der Waals surface area contributed by atoms with E-state index in [4.69, 9.17) is 4.74 Å². The molecule has 1 atom stereocenters. The molecule has 0 aliphatic rings. The van der Waals surface area contributed by atoms with Crippen LogP contribution >= 0.6 is 15.9 Å². The van der Waals surface area contributed by atoms with E-state index in [0.29, 0.717) is 11.9 Å². The monoisotopic (exact) mass is 342 g/mol. The van der Waals surface area contributed by atoms with Crippen LogP contribution < -0.4 is 4.74 Å². The summed E-state index contributed by atoms with van der Waals surface area (Å²) in [4.78, 5) is 0. The Labute approximate surface area is 131 Å². The fourth-order valence-corrected chi connectivity index (χ4v) is 2.29. The summed E-state index contributed by atoms with van der Waals surface area (Å²) in [6.07, 6.45) is 8.71. The lowest BCUT2D eigenvalue weighted by Crippen LogP contribution is -2.18. The van der Waals surface area contributed by atoms with Crippen LogP contribution in [0.15, 0.2) is 24.3 Å². The first kappa shape index (κ1) is 17.5. The van der Waals surface area contributed by atoms with Gasteiger partial charge in [0.05, 0.1) is 6.10 Å². The number of halogens is 1. The minimum Gasteiger partial charge on any atom is -0.491 e. The standard InChI is InChI=1S/C17H27BrO2/c1-2-3-4-5-6-7-8-15-9-11-17(12-10-15)20-14-16(19)13-18/h9-12,16,19H,2-8,13-14H2,1H3. The summed E-state index contributed by atoms with van der Waals surface area (Å²) in [7, 11) is 0. The Kier molecular flexibility index (Phi) is 9.77. The summed E-state index contributed by atoms with van der Waals surface area (Å²) in [5.74, 6) is 0.830. The van der Waals surface area contributed by atoms with E-state index in [1.54, 1.807) is 0 Å². The van der Waals surface area contributed by atoms with Gasteiger partial charge in [-0.15, -0.1) is 0 Å². The highest BCUT2D eigenvalue weighted by Gasteiger charge is 2.02. The van der Waals surface area contributed by atoms with E-state index in [0.717, 1.165) is 12.2 Å². The maximum absolute atomic E-state index is 9.41. The van der Waals surface area contributed by atoms with E-state index in [1.807, 2.05) is 12.1 Å². The summed E-state index contributed by atoms with van der Waals surface area (Å²) < 4.78 is 5.50. The molecule has 0 spiro atoms. The Hall–Kier alpha value is -0.540. The predicted octanol–water partition coefficient (Wildman–Crippen LogP) is 4.72. The molecule has 0 radical (unpaired) electrons. The molecule has 1 aromatic rings. The molecule has 0 saturated heterocycles. The summed E-state index contributed by atoms with van der Waals surface area (Å²) in [6.45, 7) is 2.59. The van der Waals surface area contributed by atoms with Crippen molar-refractivity contribution < 1.29 is 9.84 Å². The van der Waals surface area contributed by atoms with Gasteiger partial charge in [0.25, 0.3) is 0 Å². The van der Waals surface area contributed by atoms with E-state index in [9.17, 15) is 5.11 Å². The fourth-order valence-electron chi connectivity index (χ4n) is 2.10. The third-order valence-corrected chi connectivity index (χ3v) is 4.11. The Morgan fingerprint density at radius 3 is 2.35 bits per heavy atom. The van der Waals surface area contributed by atoms with Crippen LogP contribution in [0.25, 0.3) is 0 Å². The van der Waals surface area contributed by atoms with E-state index >= 15 is 0 Å². The lowest BCUT2D eigenvalue weighted by molar-refractivity contribution is 0.127. The maximum atomic E-state index is 9.41. The zero-order valence-corrected chi connectivity index (χ0v) is 14.1. The molecule has 1 aromatic carbocycles. The van der Waals surface area contributed by atoms with E-state index in [2.05, 4.69) is 35.0 Å². The number of unbranched alkanes of at least 4 members (excludes halogenated alkanes) is 5. The smallest absolute Gasteiger partial charge is 0.119 e. The van der Waals surface area contributed by atoms with Gasteiger partial charge in [-0.2, -0.15) is 0 Å². The van der Waals surface area contributed by atoms with Crippen molar-refractivity contribution in [2.75, 3.05) is 11.9 Å². The van der Waals surface area contributed by atoms with Gasteiger partial charge in [0.1, 0.15) is 12.4 Å². The average Bonchev–Trinajstić information content (AvgIpc) is 2.49. The zero-order chi connectivity index (χ0) is 14.6. The molecule has 0 aromatic heterocycles. The third kappa shape index (κ3) is 7.91. The number of aliphatic hydroxyl groups excluding tert-OH is 1. The molecule has 0 bridgehead atoms. The summed E-state index contributed by atoms with van der Waals surface area (Å²) in [6, 6.07) is 8.24. The quantitative estimate of drug-likeness (QED) is 0.465. The number of ether oxygens (including phenoxy) is 1. The summed E-state index contributed by atoms with van der Waals surface area (Å²) in [5.41, 5.74) is 1.37. The van der Waals surface area contributed by atoms with Crippen LogP contribution in [0.2, 0.25) is 0 Å². The SMILES string of the molecule is CCCCCCCCc1ccc(OCC(O)CBr)cc1. The van der Waals surface area contributed by atoms with Crippen LogP contribution in [-0.2, 0) is 6.42 Å². The molecular formula is C17H27BrO2. The lowest BCUT2D eigenvalue weighted by Gasteiger charge is -2.10. The van der Waals surface area contributed by atoms with Crippen molar-refractivity contribution in [2.24, 2.45) is 0 Å². The lowest BCUT2D eigenvalue weighted by atomic mass is 10.0. The number of hydrogen-bond acceptors (Lipinski definition) is 2. The van der Waals surface area contributed by atoms with Gasteiger partial charge >= 0.3 is 0 Å². The van der Waals surface area contributed by atoms with Gasteiger partial charge in [-0.25, -0.2) is 0 Å². The Bertz CT molecular complexity index is 337. The Morgan fingerprint density at radius 1 is 1.05 bits per heavy atom. The number of rotatable bonds is 11. The molecule has 20 heavy (non-hydrogen) atoms. The van der Waals surface area contributed by atoms with E-state index < -0.39 is 6.10 Å². The largest absolute Gasteiger partial charge is 0.491 e. The fraction of sp³-hybridized carbons (Fsp3) is 0.647. The molecule has 114 valence electrons. The second kappa shape index (κ2) is 11.2. The second-order valence-corrected chi connectivity index (χ2v) is 5.93. The van der Waals surface area contributed by atoms with Gasteiger partial charge in [-0.05, 0) is 30.5 Å². The molecule has 0 fully saturated rings. The first-order valence-electron chi connectivity index (χ1n) is 7.72. The summed E-state index contributed by atoms with van der Waals surface area (Å²) >= 11 is 3.22. The van der Waals surface area contributed by atoms with Crippen LogP contribution in [-0.4, -0.2) is 23.1 Å². The molecular weight excluding hydrogens is 316 g/mol. The number of hydrogen-bond donors (Lipinski definition) is 1. The third-order valence-electron chi connectivity index (χ3n) is 3.36. The molecule has 0 heterocycles. The molecule has 0 amide bonds. The molecule has 0 aliphatic heterocycles. The van der Waals surface area contributed by atoms with Crippen LogP contribution in [0, 0.1) is 0 Å². The van der Waals surface area contributed by atoms with Gasteiger partial charge < -0.3 is 9.84 Å². The van der Waals surface area contributed by atoms with E-state index in [1.165, 1.54) is 44.1 Å². The molecule has 0 aliphatic carbocycles. The van der Waals surface area contributed by atoms with Gasteiger partial charge in [-0.1, -0.05) is 67.1 Å².